The molecule has 0 spiro atoms. The van der Waals surface area contributed by atoms with Gasteiger partial charge in [0.25, 0.3) is 5.69 Å². The second kappa shape index (κ2) is 10.7. The zero-order chi connectivity index (χ0) is 22.1. The van der Waals surface area contributed by atoms with Crippen LogP contribution in [0.4, 0.5) is 22.7 Å². The smallest absolute Gasteiger partial charge is 0.270 e. The monoisotopic (exact) mass is 438 g/mol. The summed E-state index contributed by atoms with van der Waals surface area (Å²) in [5, 5.41) is 46.1. The molecule has 2 rings (SSSR count). The third-order valence-electron chi connectivity index (χ3n) is 4.08. The van der Waals surface area contributed by atoms with Crippen LogP contribution in [0.25, 0.3) is 0 Å². The van der Waals surface area contributed by atoms with Crippen LogP contribution in [0.15, 0.2) is 57.6 Å². The zero-order valence-corrected chi connectivity index (χ0v) is 16.8. The highest BCUT2D eigenvalue weighted by molar-refractivity contribution is 7.91. The SMILES string of the molecule is O=[N+]([O-])c1ccc(N=Nc2ccc(N(CCO)CCO)cc2)c(S(=O)(=O)CCO)c1. The average molecular weight is 438 g/mol. The van der Waals surface area contributed by atoms with Gasteiger partial charge in [-0.2, -0.15) is 5.11 Å². The molecule has 11 nitrogen and oxygen atoms in total. The summed E-state index contributed by atoms with van der Waals surface area (Å²) >= 11 is 0. The lowest BCUT2D eigenvalue weighted by molar-refractivity contribution is -0.385. The predicted molar refractivity (Wildman–Crippen MR) is 109 cm³/mol. The van der Waals surface area contributed by atoms with E-state index in [0.717, 1.165) is 17.8 Å². The van der Waals surface area contributed by atoms with Gasteiger partial charge in [-0.25, -0.2) is 8.42 Å². The summed E-state index contributed by atoms with van der Waals surface area (Å²) in [4.78, 5) is 11.6. The van der Waals surface area contributed by atoms with E-state index in [0.29, 0.717) is 18.8 Å². The van der Waals surface area contributed by atoms with Crippen LogP contribution in [0.3, 0.4) is 0 Å². The fourth-order valence-electron chi connectivity index (χ4n) is 2.63. The minimum absolute atomic E-state index is 0.0767. The number of nitrogens with zero attached hydrogens (tertiary/aromatic N) is 4. The summed E-state index contributed by atoms with van der Waals surface area (Å²) < 4.78 is 24.7. The largest absolute Gasteiger partial charge is 0.395 e. The van der Waals surface area contributed by atoms with Gasteiger partial charge in [0.15, 0.2) is 9.84 Å². The molecule has 0 amide bonds. The van der Waals surface area contributed by atoms with Gasteiger partial charge in [-0.1, -0.05) is 0 Å². The van der Waals surface area contributed by atoms with Crippen LogP contribution in [0.5, 0.6) is 0 Å². The summed E-state index contributed by atoms with van der Waals surface area (Å²) in [5.41, 5.74) is 0.650. The molecule has 12 heteroatoms. The van der Waals surface area contributed by atoms with E-state index in [1.54, 1.807) is 29.2 Å². The summed E-state index contributed by atoms with van der Waals surface area (Å²) in [7, 11) is -3.99. The molecule has 0 saturated heterocycles. The first-order valence-corrected chi connectivity index (χ1v) is 10.6. The second-order valence-corrected chi connectivity index (χ2v) is 8.18. The van der Waals surface area contributed by atoms with Crippen LogP contribution in [-0.4, -0.2) is 67.3 Å². The number of aliphatic hydroxyl groups excluding tert-OH is 3. The van der Waals surface area contributed by atoms with Gasteiger partial charge in [0, 0.05) is 30.9 Å². The summed E-state index contributed by atoms with van der Waals surface area (Å²) in [6, 6.07) is 9.85. The van der Waals surface area contributed by atoms with Crippen molar-refractivity contribution in [3.63, 3.8) is 0 Å². The number of non-ortho nitro benzene ring substituents is 1. The molecule has 30 heavy (non-hydrogen) atoms. The van der Waals surface area contributed by atoms with Gasteiger partial charge in [0.1, 0.15) is 10.6 Å². The molecule has 0 bridgehead atoms. The van der Waals surface area contributed by atoms with E-state index in [4.69, 9.17) is 15.3 Å². The Morgan fingerprint density at radius 2 is 1.57 bits per heavy atom. The highest BCUT2D eigenvalue weighted by Gasteiger charge is 2.22. The van der Waals surface area contributed by atoms with Crippen LogP contribution in [0, 0.1) is 10.1 Å². The van der Waals surface area contributed by atoms with E-state index in [-0.39, 0.29) is 23.8 Å². The Bertz CT molecular complexity index is 988. The first kappa shape index (κ1) is 23.3. The highest BCUT2D eigenvalue weighted by atomic mass is 32.2. The molecular formula is C18H22N4O7S. The van der Waals surface area contributed by atoms with Crippen LogP contribution >= 0.6 is 0 Å². The third kappa shape index (κ3) is 6.03. The van der Waals surface area contributed by atoms with Gasteiger partial charge < -0.3 is 20.2 Å². The standard InChI is InChI=1S/C18H22N4O7S/c23-9-7-21(8-10-24)15-3-1-14(2-4-15)19-20-17-6-5-16(22(26)27)13-18(17)30(28,29)12-11-25/h1-6,13,23-25H,7-12H2. The predicted octanol–water partition coefficient (Wildman–Crippen LogP) is 1.57. The van der Waals surface area contributed by atoms with Crippen LogP contribution in [0.2, 0.25) is 0 Å². The number of anilines is 1. The maximum Gasteiger partial charge on any atom is 0.270 e. The van der Waals surface area contributed by atoms with E-state index in [2.05, 4.69) is 10.2 Å². The molecule has 0 fully saturated rings. The van der Waals surface area contributed by atoms with Crippen molar-refractivity contribution in [2.75, 3.05) is 43.6 Å². The first-order valence-electron chi connectivity index (χ1n) is 8.93. The van der Waals surface area contributed by atoms with Crippen LogP contribution in [0.1, 0.15) is 0 Å². The van der Waals surface area contributed by atoms with E-state index >= 15 is 0 Å². The molecule has 0 aromatic heterocycles. The second-order valence-electron chi connectivity index (χ2n) is 6.10. The van der Waals surface area contributed by atoms with E-state index in [1.807, 2.05) is 0 Å². The van der Waals surface area contributed by atoms with Gasteiger partial charge in [0.05, 0.1) is 36.2 Å². The Morgan fingerprint density at radius 1 is 0.933 bits per heavy atom. The third-order valence-corrected chi connectivity index (χ3v) is 5.79. The molecule has 0 heterocycles. The Hall–Kier alpha value is -2.93. The number of hydrogen-bond donors (Lipinski definition) is 3. The number of benzene rings is 2. The Kier molecular flexibility index (Phi) is 8.35. The van der Waals surface area contributed by atoms with Crippen molar-refractivity contribution in [1.82, 2.24) is 0 Å². The van der Waals surface area contributed by atoms with Crippen LogP contribution < -0.4 is 4.90 Å². The van der Waals surface area contributed by atoms with Crippen molar-refractivity contribution >= 4 is 32.6 Å². The Labute approximate surface area is 173 Å². The van der Waals surface area contributed by atoms with Crippen molar-refractivity contribution in [2.45, 2.75) is 4.90 Å². The summed E-state index contributed by atoms with van der Waals surface area (Å²) in [6.07, 6.45) is 0. The molecule has 2 aromatic carbocycles. The molecule has 0 aliphatic rings. The molecule has 162 valence electrons. The molecular weight excluding hydrogens is 416 g/mol. The van der Waals surface area contributed by atoms with Crippen molar-refractivity contribution < 1.29 is 28.7 Å². The lowest BCUT2D eigenvalue weighted by Crippen LogP contribution is -2.29. The number of hydrogen-bond acceptors (Lipinski definition) is 10. The fourth-order valence-corrected chi connectivity index (χ4v) is 3.82. The van der Waals surface area contributed by atoms with Gasteiger partial charge in [0.2, 0.25) is 0 Å². The number of rotatable bonds is 11. The zero-order valence-electron chi connectivity index (χ0n) is 16.0. The summed E-state index contributed by atoms with van der Waals surface area (Å²) in [5.74, 6) is -0.600. The first-order chi connectivity index (χ1) is 14.3. The average Bonchev–Trinajstić information content (AvgIpc) is 2.72. The highest BCUT2D eigenvalue weighted by Crippen LogP contribution is 2.31. The molecule has 2 aromatic rings. The molecule has 0 saturated carbocycles. The molecule has 0 unspecified atom stereocenters. The van der Waals surface area contributed by atoms with Crippen LogP contribution in [-0.2, 0) is 9.84 Å². The van der Waals surface area contributed by atoms with Crippen molar-refractivity contribution in [3.8, 4) is 0 Å². The molecule has 0 aliphatic carbocycles. The fraction of sp³-hybridized carbons (Fsp3) is 0.333. The maximum absolute atomic E-state index is 12.4. The lowest BCUT2D eigenvalue weighted by atomic mass is 10.2. The Balaban J connectivity index is 2.34. The number of nitro benzene ring substituents is 1. The lowest BCUT2D eigenvalue weighted by Gasteiger charge is -2.22. The van der Waals surface area contributed by atoms with Crippen molar-refractivity contribution in [2.24, 2.45) is 10.2 Å². The van der Waals surface area contributed by atoms with E-state index in [9.17, 15) is 18.5 Å². The summed E-state index contributed by atoms with van der Waals surface area (Å²) in [6.45, 7) is -0.104. The van der Waals surface area contributed by atoms with E-state index in [1.165, 1.54) is 6.07 Å². The number of nitro groups is 1. The molecule has 3 N–H and O–H groups in total. The van der Waals surface area contributed by atoms with Gasteiger partial charge in [-0.3, -0.25) is 10.1 Å². The number of aliphatic hydroxyl groups is 3. The quantitative estimate of drug-likeness (QED) is 0.270. The molecule has 0 radical (unpaired) electrons. The minimum Gasteiger partial charge on any atom is -0.395 e. The molecule has 0 aliphatic heterocycles. The van der Waals surface area contributed by atoms with Gasteiger partial charge >= 0.3 is 0 Å². The maximum atomic E-state index is 12.4. The van der Waals surface area contributed by atoms with E-state index < -0.39 is 32.8 Å². The topological polar surface area (TPSA) is 166 Å². The van der Waals surface area contributed by atoms with Gasteiger partial charge in [-0.15, -0.1) is 5.11 Å². The normalized spacial score (nSPS) is 11.7. The Morgan fingerprint density at radius 3 is 2.10 bits per heavy atom. The number of sulfone groups is 1. The van der Waals surface area contributed by atoms with Gasteiger partial charge in [-0.05, 0) is 30.3 Å². The molecule has 0 atom stereocenters. The number of azo groups is 1. The van der Waals surface area contributed by atoms with Crippen molar-refractivity contribution in [1.29, 1.82) is 0 Å². The van der Waals surface area contributed by atoms with Crippen molar-refractivity contribution in [3.05, 3.63) is 52.6 Å². The minimum atomic E-state index is -3.99.